The van der Waals surface area contributed by atoms with Crippen LogP contribution < -0.4 is 9.47 Å². The molecule has 0 aliphatic heterocycles. The molecule has 3 aromatic rings. The second-order valence-electron chi connectivity index (χ2n) is 9.62. The van der Waals surface area contributed by atoms with E-state index < -0.39 is 5.97 Å². The van der Waals surface area contributed by atoms with E-state index in [-0.39, 0.29) is 11.9 Å². The molecule has 0 heterocycles. The lowest BCUT2D eigenvalue weighted by molar-refractivity contribution is -0.138. The third-order valence-electron chi connectivity index (χ3n) is 6.21. The maximum Gasteiger partial charge on any atom is 0.339 e. The number of hydrogen-bond donors (Lipinski definition) is 0. The molecular weight excluding hydrogens is 568 g/mol. The lowest BCUT2D eigenvalue weighted by atomic mass is 10.0. The highest BCUT2D eigenvalue weighted by atomic mass is 16.5. The molecule has 0 saturated heterocycles. The van der Waals surface area contributed by atoms with Crippen molar-refractivity contribution in [2.24, 2.45) is 0 Å². The first-order valence-electron chi connectivity index (χ1n) is 15.0. The summed E-state index contributed by atoms with van der Waals surface area (Å²) in [6.45, 7) is 9.39. The number of hydrogen-bond acceptors (Lipinski definition) is 7. The average molecular weight is 611 g/mol. The summed E-state index contributed by atoms with van der Waals surface area (Å²) in [5.74, 6) is 0.857. The molecular formula is C38H42O7. The molecule has 0 saturated carbocycles. The van der Waals surface area contributed by atoms with Crippen LogP contribution in [-0.4, -0.2) is 24.5 Å². The largest absolute Gasteiger partial charge is 0.494 e. The molecule has 0 unspecified atom stereocenters. The van der Waals surface area contributed by atoms with Crippen molar-refractivity contribution < 1.29 is 33.3 Å². The zero-order chi connectivity index (χ0) is 32.5. The van der Waals surface area contributed by atoms with Crippen LogP contribution in [-0.2, 0) is 30.3 Å². The number of allylic oxidation sites excluding steroid dienone is 3. The molecule has 236 valence electrons. The van der Waals surface area contributed by atoms with Gasteiger partial charge in [-0.05, 0) is 74.1 Å². The van der Waals surface area contributed by atoms with Gasteiger partial charge in [-0.2, -0.15) is 0 Å². The zero-order valence-corrected chi connectivity index (χ0v) is 25.9. The van der Waals surface area contributed by atoms with Gasteiger partial charge in [-0.25, -0.2) is 9.59 Å². The van der Waals surface area contributed by atoms with Crippen molar-refractivity contribution in [3.05, 3.63) is 146 Å². The molecule has 0 N–H and O–H groups in total. The number of benzene rings is 3. The second-order valence-corrected chi connectivity index (χ2v) is 9.62. The average Bonchev–Trinajstić information content (AvgIpc) is 3.08. The predicted octanol–water partition coefficient (Wildman–Crippen LogP) is 8.49. The third kappa shape index (κ3) is 16.3. The van der Waals surface area contributed by atoms with Crippen LogP contribution in [0.3, 0.4) is 0 Å². The number of rotatable bonds is 13. The summed E-state index contributed by atoms with van der Waals surface area (Å²) in [7, 11) is 0. The summed E-state index contributed by atoms with van der Waals surface area (Å²) in [6, 6.07) is 29.2. The van der Waals surface area contributed by atoms with Gasteiger partial charge in [-0.1, -0.05) is 86.8 Å². The molecule has 3 aromatic carbocycles. The highest BCUT2D eigenvalue weighted by Crippen LogP contribution is 2.22. The SMILES string of the molecule is C=CC(=O)OC1=CC=C(C(=O)Oc2cccc(CC)c2)CC1.C=COC(=O)CCCCCOc1ccccc1.c1ccccc1. The van der Waals surface area contributed by atoms with E-state index in [2.05, 4.69) is 17.9 Å². The van der Waals surface area contributed by atoms with E-state index in [1.165, 1.54) is 6.26 Å². The van der Waals surface area contributed by atoms with Crippen LogP contribution in [0.25, 0.3) is 0 Å². The fourth-order valence-corrected chi connectivity index (χ4v) is 3.84. The van der Waals surface area contributed by atoms with Crippen molar-refractivity contribution in [2.45, 2.75) is 51.9 Å². The molecule has 0 amide bonds. The van der Waals surface area contributed by atoms with Gasteiger partial charge in [0.1, 0.15) is 17.3 Å². The van der Waals surface area contributed by atoms with E-state index >= 15 is 0 Å². The van der Waals surface area contributed by atoms with E-state index in [4.69, 9.17) is 14.2 Å². The minimum Gasteiger partial charge on any atom is -0.494 e. The topological polar surface area (TPSA) is 88.1 Å². The smallest absolute Gasteiger partial charge is 0.339 e. The summed E-state index contributed by atoms with van der Waals surface area (Å²) in [6.07, 6.45) is 10.5. The van der Waals surface area contributed by atoms with Gasteiger partial charge >= 0.3 is 17.9 Å². The van der Waals surface area contributed by atoms with Gasteiger partial charge in [0.2, 0.25) is 0 Å². The van der Waals surface area contributed by atoms with Crippen LogP contribution in [0, 0.1) is 0 Å². The van der Waals surface area contributed by atoms with Crippen molar-refractivity contribution in [1.29, 1.82) is 0 Å². The number of esters is 3. The number of unbranched alkanes of at least 4 members (excludes halogenated alkanes) is 2. The Morgan fingerprint density at radius 1 is 0.756 bits per heavy atom. The van der Waals surface area contributed by atoms with Crippen molar-refractivity contribution >= 4 is 17.9 Å². The summed E-state index contributed by atoms with van der Waals surface area (Å²) < 4.78 is 20.5. The van der Waals surface area contributed by atoms with Crippen molar-refractivity contribution in [3.63, 3.8) is 0 Å². The molecule has 4 rings (SSSR count). The molecule has 0 aromatic heterocycles. The van der Waals surface area contributed by atoms with E-state index in [0.717, 1.165) is 43.1 Å². The fourth-order valence-electron chi connectivity index (χ4n) is 3.84. The van der Waals surface area contributed by atoms with Crippen LogP contribution >= 0.6 is 0 Å². The minimum absolute atomic E-state index is 0.219. The third-order valence-corrected chi connectivity index (χ3v) is 6.21. The van der Waals surface area contributed by atoms with Crippen LogP contribution in [0.15, 0.2) is 140 Å². The number of aryl methyl sites for hydroxylation is 1. The quantitative estimate of drug-likeness (QED) is 0.0630. The lowest BCUT2D eigenvalue weighted by Crippen LogP contribution is -2.14. The first-order valence-corrected chi connectivity index (χ1v) is 15.0. The molecule has 0 spiro atoms. The van der Waals surface area contributed by atoms with Gasteiger partial charge in [0.05, 0.1) is 12.9 Å². The monoisotopic (exact) mass is 610 g/mol. The maximum absolute atomic E-state index is 12.1. The zero-order valence-electron chi connectivity index (χ0n) is 25.9. The molecule has 0 atom stereocenters. The van der Waals surface area contributed by atoms with E-state index in [1.54, 1.807) is 18.2 Å². The van der Waals surface area contributed by atoms with Gasteiger partial charge in [0.15, 0.2) is 0 Å². The number of para-hydroxylation sites is 1. The first kappa shape index (κ1) is 36.0. The van der Waals surface area contributed by atoms with Gasteiger partial charge in [0, 0.05) is 24.5 Å². The Hall–Kier alpha value is -5.17. The van der Waals surface area contributed by atoms with Gasteiger partial charge in [-0.3, -0.25) is 4.79 Å². The Balaban J connectivity index is 0.000000270. The molecule has 45 heavy (non-hydrogen) atoms. The highest BCUT2D eigenvalue weighted by Gasteiger charge is 2.17. The van der Waals surface area contributed by atoms with E-state index in [1.807, 2.05) is 91.9 Å². The van der Waals surface area contributed by atoms with Crippen LogP contribution in [0.2, 0.25) is 0 Å². The molecule has 0 bridgehead atoms. The lowest BCUT2D eigenvalue weighted by Gasteiger charge is -2.13. The molecule has 0 fully saturated rings. The first-order chi connectivity index (χ1) is 21.9. The van der Waals surface area contributed by atoms with Crippen LogP contribution in [0.4, 0.5) is 0 Å². The summed E-state index contributed by atoms with van der Waals surface area (Å²) >= 11 is 0. The number of carbonyl (C=O) groups excluding carboxylic acids is 3. The molecule has 7 heteroatoms. The van der Waals surface area contributed by atoms with Crippen LogP contribution in [0.1, 0.15) is 51.0 Å². The Morgan fingerprint density at radius 2 is 1.42 bits per heavy atom. The standard InChI is InChI=1S/C18H18O4.C14H18O3.C6H6/c1-3-13-6-5-7-16(12-13)22-18(20)14-8-10-15(11-9-14)21-17(19)4-2;1-2-16-14(15)11-7-4-8-12-17-13-9-5-3-6-10-13;1-2-4-6-5-3-1/h4-8,10,12H,2-3,9,11H2,1H3;2-3,5-6,9-10H,1,4,7-8,11-12H2;1-6H. The predicted molar refractivity (Wildman–Crippen MR) is 176 cm³/mol. The Kier molecular flexibility index (Phi) is 17.9. The number of ether oxygens (including phenoxy) is 4. The van der Waals surface area contributed by atoms with Gasteiger partial charge < -0.3 is 18.9 Å². The van der Waals surface area contributed by atoms with Crippen molar-refractivity contribution in [3.8, 4) is 11.5 Å². The fraction of sp³-hybridized carbons (Fsp3) is 0.237. The second kappa shape index (κ2) is 22.4. The van der Waals surface area contributed by atoms with Crippen molar-refractivity contribution in [1.82, 2.24) is 0 Å². The Bertz CT molecular complexity index is 1370. The Morgan fingerprint density at radius 3 is 2.02 bits per heavy atom. The maximum atomic E-state index is 12.1. The van der Waals surface area contributed by atoms with E-state index in [0.29, 0.717) is 43.0 Å². The summed E-state index contributed by atoms with van der Waals surface area (Å²) in [5.41, 5.74) is 1.67. The van der Waals surface area contributed by atoms with Gasteiger partial charge in [0.25, 0.3) is 0 Å². The van der Waals surface area contributed by atoms with Gasteiger partial charge in [-0.15, -0.1) is 0 Å². The summed E-state index contributed by atoms with van der Waals surface area (Å²) in [5, 5.41) is 0. The number of carbonyl (C=O) groups is 3. The molecule has 1 aliphatic carbocycles. The summed E-state index contributed by atoms with van der Waals surface area (Å²) in [4.78, 5) is 34.2. The molecule has 0 radical (unpaired) electrons. The highest BCUT2D eigenvalue weighted by molar-refractivity contribution is 5.91. The minimum atomic E-state index is -0.498. The van der Waals surface area contributed by atoms with E-state index in [9.17, 15) is 14.4 Å². The normalized spacial score (nSPS) is 11.4. The molecule has 1 aliphatic rings. The molecule has 7 nitrogen and oxygen atoms in total. The van der Waals surface area contributed by atoms with Crippen LogP contribution in [0.5, 0.6) is 11.5 Å². The Labute approximate surface area is 266 Å². The van der Waals surface area contributed by atoms with Crippen molar-refractivity contribution in [2.75, 3.05) is 6.61 Å².